The molecule has 26 heavy (non-hydrogen) atoms. The first-order chi connectivity index (χ1) is 12.3. The molecule has 1 heterocycles. The molecule has 1 saturated heterocycles. The van der Waals surface area contributed by atoms with Crippen molar-refractivity contribution in [3.05, 3.63) is 64.2 Å². The SMILES string of the molecule is COc1ccc(C(=C2CCOC2=O)c2ccc(S(C)(=O)=O)cc2)cc1Cl. The minimum absolute atomic E-state index is 0.215. The van der Waals surface area contributed by atoms with Crippen LogP contribution in [0.3, 0.4) is 0 Å². The molecule has 5 nitrogen and oxygen atoms in total. The summed E-state index contributed by atoms with van der Waals surface area (Å²) in [6, 6.07) is 11.7. The van der Waals surface area contributed by atoms with E-state index >= 15 is 0 Å². The van der Waals surface area contributed by atoms with E-state index in [1.165, 1.54) is 19.2 Å². The molecule has 1 aliphatic heterocycles. The number of esters is 1. The Balaban J connectivity index is 2.17. The summed E-state index contributed by atoms with van der Waals surface area (Å²) in [4.78, 5) is 12.4. The summed E-state index contributed by atoms with van der Waals surface area (Å²) in [5.74, 6) is 0.153. The maximum Gasteiger partial charge on any atom is 0.334 e. The van der Waals surface area contributed by atoms with Crippen molar-refractivity contribution in [2.45, 2.75) is 11.3 Å². The van der Waals surface area contributed by atoms with Crippen molar-refractivity contribution in [1.82, 2.24) is 0 Å². The van der Waals surface area contributed by atoms with Gasteiger partial charge in [0, 0.05) is 18.2 Å². The molecule has 0 aliphatic carbocycles. The number of ether oxygens (including phenoxy) is 2. The van der Waals surface area contributed by atoms with E-state index in [0.717, 1.165) is 11.8 Å². The largest absolute Gasteiger partial charge is 0.495 e. The normalized spacial score (nSPS) is 16.3. The van der Waals surface area contributed by atoms with Gasteiger partial charge in [0.05, 0.1) is 23.6 Å². The lowest BCUT2D eigenvalue weighted by Crippen LogP contribution is -2.02. The molecular weight excluding hydrogens is 376 g/mol. The number of carbonyl (C=O) groups is 1. The fraction of sp³-hybridized carbons (Fsp3) is 0.211. The minimum atomic E-state index is -3.30. The van der Waals surface area contributed by atoms with Gasteiger partial charge in [-0.15, -0.1) is 0 Å². The molecule has 0 aromatic heterocycles. The van der Waals surface area contributed by atoms with Crippen molar-refractivity contribution in [3.63, 3.8) is 0 Å². The molecule has 2 aromatic rings. The Morgan fingerprint density at radius 1 is 1.12 bits per heavy atom. The molecule has 1 fully saturated rings. The Morgan fingerprint density at radius 3 is 2.27 bits per heavy atom. The predicted molar refractivity (Wildman–Crippen MR) is 99.2 cm³/mol. The maximum atomic E-state index is 12.2. The number of hydrogen-bond donors (Lipinski definition) is 0. The van der Waals surface area contributed by atoms with E-state index in [4.69, 9.17) is 21.1 Å². The maximum absolute atomic E-state index is 12.2. The molecule has 0 bridgehead atoms. The van der Waals surface area contributed by atoms with Crippen molar-refractivity contribution in [2.24, 2.45) is 0 Å². The van der Waals surface area contributed by atoms with Gasteiger partial charge in [-0.2, -0.15) is 0 Å². The first-order valence-electron chi connectivity index (χ1n) is 7.86. The molecule has 0 amide bonds. The van der Waals surface area contributed by atoms with E-state index in [1.54, 1.807) is 24.3 Å². The molecule has 0 unspecified atom stereocenters. The fourth-order valence-corrected chi connectivity index (χ4v) is 3.76. The second kappa shape index (κ2) is 7.13. The highest BCUT2D eigenvalue weighted by atomic mass is 35.5. The molecular formula is C19H17ClO5S. The molecule has 0 radical (unpaired) electrons. The Hall–Kier alpha value is -2.31. The van der Waals surface area contributed by atoms with E-state index in [1.807, 2.05) is 6.07 Å². The van der Waals surface area contributed by atoms with Crippen LogP contribution in [0.1, 0.15) is 17.5 Å². The Morgan fingerprint density at radius 2 is 1.77 bits per heavy atom. The topological polar surface area (TPSA) is 69.7 Å². The van der Waals surface area contributed by atoms with Gasteiger partial charge >= 0.3 is 5.97 Å². The zero-order valence-electron chi connectivity index (χ0n) is 14.3. The molecule has 1 aliphatic rings. The summed E-state index contributed by atoms with van der Waals surface area (Å²) >= 11 is 6.25. The average Bonchev–Trinajstić information content (AvgIpc) is 3.01. The van der Waals surface area contributed by atoms with E-state index < -0.39 is 9.84 Å². The van der Waals surface area contributed by atoms with Gasteiger partial charge in [-0.3, -0.25) is 0 Å². The van der Waals surface area contributed by atoms with E-state index in [-0.39, 0.29) is 10.9 Å². The summed E-state index contributed by atoms with van der Waals surface area (Å²) in [5, 5.41) is 0.419. The third-order valence-electron chi connectivity index (χ3n) is 4.15. The van der Waals surface area contributed by atoms with Gasteiger partial charge in [-0.1, -0.05) is 29.8 Å². The van der Waals surface area contributed by atoms with Gasteiger partial charge in [-0.25, -0.2) is 13.2 Å². The Labute approximate surface area is 157 Å². The molecule has 0 atom stereocenters. The zero-order chi connectivity index (χ0) is 18.9. The zero-order valence-corrected chi connectivity index (χ0v) is 15.9. The number of rotatable bonds is 4. The van der Waals surface area contributed by atoms with Crippen molar-refractivity contribution < 1.29 is 22.7 Å². The number of methoxy groups -OCH3 is 1. The van der Waals surface area contributed by atoms with Crippen LogP contribution in [0.5, 0.6) is 5.75 Å². The lowest BCUT2D eigenvalue weighted by atomic mass is 9.92. The van der Waals surface area contributed by atoms with Crippen LogP contribution in [0, 0.1) is 0 Å². The Kier molecular flexibility index (Phi) is 5.07. The number of hydrogen-bond acceptors (Lipinski definition) is 5. The van der Waals surface area contributed by atoms with Crippen LogP contribution < -0.4 is 4.74 Å². The van der Waals surface area contributed by atoms with E-state index in [0.29, 0.717) is 40.5 Å². The van der Waals surface area contributed by atoms with Gasteiger partial charge in [0.25, 0.3) is 0 Å². The lowest BCUT2D eigenvalue weighted by Gasteiger charge is -2.13. The first-order valence-corrected chi connectivity index (χ1v) is 10.1. The standard InChI is InChI=1S/C19H17ClO5S/c1-24-17-8-5-13(11-16(17)20)18(15-9-10-25-19(15)21)12-3-6-14(7-4-12)26(2,22)23/h3-8,11H,9-10H2,1-2H3. The number of halogens is 1. The van der Waals surface area contributed by atoms with Crippen molar-refractivity contribution in [3.8, 4) is 5.75 Å². The summed E-state index contributed by atoms with van der Waals surface area (Å²) in [6.45, 7) is 0.322. The van der Waals surface area contributed by atoms with Crippen molar-refractivity contribution >= 4 is 33.0 Å². The molecule has 0 N–H and O–H groups in total. The minimum Gasteiger partial charge on any atom is -0.495 e. The number of cyclic esters (lactones) is 1. The summed E-state index contributed by atoms with van der Waals surface area (Å²) in [5.41, 5.74) is 2.67. The number of sulfone groups is 1. The van der Waals surface area contributed by atoms with Gasteiger partial charge in [-0.05, 0) is 41.0 Å². The van der Waals surface area contributed by atoms with Crippen LogP contribution in [-0.2, 0) is 19.4 Å². The average molecular weight is 393 g/mol. The van der Waals surface area contributed by atoms with Crippen LogP contribution in [0.2, 0.25) is 5.02 Å². The molecule has 3 rings (SSSR count). The van der Waals surface area contributed by atoms with Crippen LogP contribution >= 0.6 is 11.6 Å². The van der Waals surface area contributed by atoms with Crippen LogP contribution in [-0.4, -0.2) is 34.4 Å². The van der Waals surface area contributed by atoms with Crippen LogP contribution in [0.15, 0.2) is 52.9 Å². The third kappa shape index (κ3) is 3.61. The fourth-order valence-electron chi connectivity index (χ4n) is 2.87. The summed E-state index contributed by atoms with van der Waals surface area (Å²) in [7, 11) is -1.77. The van der Waals surface area contributed by atoms with Gasteiger partial charge in [0.1, 0.15) is 5.75 Å². The highest BCUT2D eigenvalue weighted by Gasteiger charge is 2.25. The van der Waals surface area contributed by atoms with Gasteiger partial charge < -0.3 is 9.47 Å². The smallest absolute Gasteiger partial charge is 0.334 e. The van der Waals surface area contributed by atoms with E-state index in [9.17, 15) is 13.2 Å². The quantitative estimate of drug-likeness (QED) is 0.588. The predicted octanol–water partition coefficient (Wildman–Crippen LogP) is 3.50. The molecule has 136 valence electrons. The third-order valence-corrected chi connectivity index (χ3v) is 5.57. The van der Waals surface area contributed by atoms with Crippen LogP contribution in [0.4, 0.5) is 0 Å². The summed E-state index contributed by atoms with van der Waals surface area (Å²) in [6.07, 6.45) is 1.63. The second-order valence-electron chi connectivity index (χ2n) is 5.89. The van der Waals surface area contributed by atoms with Crippen molar-refractivity contribution in [1.29, 1.82) is 0 Å². The lowest BCUT2D eigenvalue weighted by molar-refractivity contribution is -0.135. The monoisotopic (exact) mass is 392 g/mol. The molecule has 0 saturated carbocycles. The van der Waals surface area contributed by atoms with Crippen LogP contribution in [0.25, 0.3) is 5.57 Å². The molecule has 7 heteroatoms. The summed E-state index contributed by atoms with van der Waals surface area (Å²) < 4.78 is 33.7. The second-order valence-corrected chi connectivity index (χ2v) is 8.31. The van der Waals surface area contributed by atoms with E-state index in [2.05, 4.69) is 0 Å². The first kappa shape index (κ1) is 18.5. The molecule has 0 spiro atoms. The Bertz CT molecular complexity index is 991. The highest BCUT2D eigenvalue weighted by Crippen LogP contribution is 2.35. The van der Waals surface area contributed by atoms with Gasteiger partial charge in [0.15, 0.2) is 9.84 Å². The number of carbonyl (C=O) groups excluding carboxylic acids is 1. The molecule has 2 aromatic carbocycles. The van der Waals surface area contributed by atoms with Crippen molar-refractivity contribution in [2.75, 3.05) is 20.0 Å². The number of benzene rings is 2. The highest BCUT2D eigenvalue weighted by molar-refractivity contribution is 7.90. The van der Waals surface area contributed by atoms with Gasteiger partial charge in [0.2, 0.25) is 0 Å².